The molecule has 1 rings (SSSR count). The maximum Gasteiger partial charge on any atom is 0.361 e. The topological polar surface area (TPSA) is 88.1 Å². The predicted octanol–water partition coefficient (Wildman–Crippen LogP) is 7.29. The van der Waals surface area contributed by atoms with E-state index in [4.69, 9.17) is 18.5 Å². The van der Waals surface area contributed by atoms with E-state index in [0.29, 0.717) is 42.9 Å². The van der Waals surface area contributed by atoms with E-state index in [2.05, 4.69) is 13.2 Å². The summed E-state index contributed by atoms with van der Waals surface area (Å²) in [4.78, 5) is 22.8. The summed E-state index contributed by atoms with van der Waals surface area (Å²) < 4.78 is 35.9. The molecule has 0 bridgehead atoms. The largest absolute Gasteiger partial charge is 0.462 e. The molecule has 7 nitrogen and oxygen atoms in total. The third kappa shape index (κ3) is 13.5. The zero-order chi connectivity index (χ0) is 28.4. The molecule has 0 unspecified atom stereocenters. The normalized spacial score (nSPS) is 11.3. The van der Waals surface area contributed by atoms with Crippen LogP contribution in [0.2, 0.25) is 0 Å². The van der Waals surface area contributed by atoms with Gasteiger partial charge in [0.25, 0.3) is 0 Å². The van der Waals surface area contributed by atoms with E-state index >= 15 is 0 Å². The Hall–Kier alpha value is -2.21. The van der Waals surface area contributed by atoms with Crippen molar-refractivity contribution in [1.82, 2.24) is 0 Å². The van der Waals surface area contributed by atoms with Crippen LogP contribution < -0.4 is 5.30 Å². The number of rotatable bonds is 21. The molecule has 0 spiro atoms. The first-order chi connectivity index (χ1) is 18.1. The van der Waals surface area contributed by atoms with Gasteiger partial charge in [-0.2, -0.15) is 0 Å². The highest BCUT2D eigenvalue weighted by molar-refractivity contribution is 7.62. The lowest BCUT2D eigenvalue weighted by Gasteiger charge is -2.21. The van der Waals surface area contributed by atoms with Crippen molar-refractivity contribution in [2.75, 3.05) is 26.4 Å². The van der Waals surface area contributed by atoms with E-state index in [1.165, 1.54) is 0 Å². The van der Waals surface area contributed by atoms with Crippen molar-refractivity contribution >= 4 is 24.8 Å². The molecule has 0 amide bonds. The molecule has 0 aromatic heterocycles. The van der Waals surface area contributed by atoms with Gasteiger partial charge in [0.05, 0.1) is 31.7 Å². The average molecular weight is 551 g/mol. The number of unbranched alkanes of at least 4 members (excludes halogenated alkanes) is 8. The summed E-state index contributed by atoms with van der Waals surface area (Å²) in [7, 11) is -3.44. The van der Waals surface area contributed by atoms with E-state index < -0.39 is 7.60 Å². The molecule has 1 aromatic rings. The van der Waals surface area contributed by atoms with Crippen molar-refractivity contribution in [1.29, 1.82) is 0 Å². The first-order valence-corrected chi connectivity index (χ1v) is 15.2. The van der Waals surface area contributed by atoms with Crippen molar-refractivity contribution in [2.24, 2.45) is 0 Å². The van der Waals surface area contributed by atoms with E-state index in [-0.39, 0.29) is 11.9 Å². The van der Waals surface area contributed by atoms with Crippen LogP contribution in [0.4, 0.5) is 0 Å². The number of carbonyl (C=O) groups excluding carboxylic acids is 2. The van der Waals surface area contributed by atoms with Crippen molar-refractivity contribution in [3.05, 3.63) is 53.6 Å². The number of hydrogen-bond donors (Lipinski definition) is 0. The summed E-state index contributed by atoms with van der Waals surface area (Å²) in [6.07, 6.45) is 8.90. The minimum absolute atomic E-state index is 0.345. The van der Waals surface area contributed by atoms with E-state index in [9.17, 15) is 14.2 Å². The smallest absolute Gasteiger partial charge is 0.361 e. The van der Waals surface area contributed by atoms with Gasteiger partial charge in [-0.05, 0) is 70.6 Å². The molecule has 38 heavy (non-hydrogen) atoms. The Labute approximate surface area is 229 Å². The van der Waals surface area contributed by atoms with Gasteiger partial charge in [-0.3, -0.25) is 4.57 Å². The molecular weight excluding hydrogens is 503 g/mol. The van der Waals surface area contributed by atoms with E-state index in [1.807, 2.05) is 32.0 Å². The molecule has 1 aromatic carbocycles. The standard InChI is InChI=1S/C30H47O7P/c1-24(2)29(31)34-20-13-9-7-11-15-22-36-38(33,28-19-17-18-26(5)27(28)6)37-23-16-12-8-10-14-21-35-30(32)25(3)4/h17-19H,1,3,7-16,20-23H2,2,4-6H3. The van der Waals surface area contributed by atoms with Crippen molar-refractivity contribution in [3.63, 3.8) is 0 Å². The highest BCUT2D eigenvalue weighted by Crippen LogP contribution is 2.48. The highest BCUT2D eigenvalue weighted by atomic mass is 31.2. The number of carbonyl (C=O) groups is 2. The lowest BCUT2D eigenvalue weighted by atomic mass is 10.1. The van der Waals surface area contributed by atoms with Gasteiger partial charge < -0.3 is 18.5 Å². The van der Waals surface area contributed by atoms with Crippen LogP contribution in [0.5, 0.6) is 0 Å². The second kappa shape index (κ2) is 18.9. The molecule has 0 fully saturated rings. The summed E-state index contributed by atoms with van der Waals surface area (Å²) in [5.74, 6) is -0.690. The maximum absolute atomic E-state index is 13.8. The predicted molar refractivity (Wildman–Crippen MR) is 153 cm³/mol. The molecule has 0 saturated carbocycles. The second-order valence-electron chi connectivity index (χ2n) is 9.75. The van der Waals surface area contributed by atoms with Gasteiger partial charge in [0.2, 0.25) is 0 Å². The zero-order valence-corrected chi connectivity index (χ0v) is 24.7. The van der Waals surface area contributed by atoms with E-state index in [0.717, 1.165) is 75.3 Å². The molecule has 8 heteroatoms. The molecule has 0 saturated heterocycles. The van der Waals surface area contributed by atoms with Gasteiger partial charge in [-0.1, -0.05) is 63.8 Å². The molecule has 0 radical (unpaired) electrons. The quantitative estimate of drug-likeness (QED) is 0.0687. The molecule has 0 aliphatic rings. The fourth-order valence-corrected chi connectivity index (χ4v) is 5.57. The van der Waals surface area contributed by atoms with Crippen molar-refractivity contribution in [3.8, 4) is 0 Å². The van der Waals surface area contributed by atoms with Gasteiger partial charge in [-0.25, -0.2) is 9.59 Å². The Morgan fingerprint density at radius 3 is 1.50 bits per heavy atom. The van der Waals surface area contributed by atoms with Crippen LogP contribution >= 0.6 is 7.60 Å². The summed E-state index contributed by atoms with van der Waals surface area (Å²) in [6.45, 7) is 15.9. The summed E-state index contributed by atoms with van der Waals surface area (Å²) in [6, 6.07) is 5.71. The summed E-state index contributed by atoms with van der Waals surface area (Å²) in [5, 5.41) is 0.635. The van der Waals surface area contributed by atoms with Crippen LogP contribution in [0.1, 0.15) is 89.2 Å². The molecule has 0 aliphatic carbocycles. The Morgan fingerprint density at radius 1 is 0.684 bits per heavy atom. The van der Waals surface area contributed by atoms with Gasteiger partial charge in [0.15, 0.2) is 0 Å². The summed E-state index contributed by atoms with van der Waals surface area (Å²) in [5.41, 5.74) is 2.81. The van der Waals surface area contributed by atoms with Gasteiger partial charge in [0, 0.05) is 11.1 Å². The number of aryl methyl sites for hydroxylation is 1. The van der Waals surface area contributed by atoms with Crippen molar-refractivity contribution in [2.45, 2.75) is 91.9 Å². The lowest BCUT2D eigenvalue weighted by Crippen LogP contribution is -2.16. The number of hydrogen-bond acceptors (Lipinski definition) is 7. The minimum Gasteiger partial charge on any atom is -0.462 e. The maximum atomic E-state index is 13.8. The molecule has 0 aliphatic heterocycles. The second-order valence-corrected chi connectivity index (χ2v) is 11.7. The van der Waals surface area contributed by atoms with Gasteiger partial charge >= 0.3 is 19.5 Å². The summed E-state index contributed by atoms with van der Waals surface area (Å²) >= 11 is 0. The Kier molecular flexibility index (Phi) is 16.9. The van der Waals surface area contributed by atoms with Crippen LogP contribution in [0.3, 0.4) is 0 Å². The first kappa shape index (κ1) is 33.8. The lowest BCUT2D eigenvalue weighted by molar-refractivity contribution is -0.139. The third-order valence-corrected chi connectivity index (χ3v) is 8.25. The van der Waals surface area contributed by atoms with Crippen LogP contribution in [-0.2, 0) is 32.7 Å². The van der Waals surface area contributed by atoms with Crippen LogP contribution in [0, 0.1) is 13.8 Å². The molecule has 0 atom stereocenters. The van der Waals surface area contributed by atoms with Gasteiger partial charge in [0.1, 0.15) is 0 Å². The zero-order valence-electron chi connectivity index (χ0n) is 23.9. The Balaban J connectivity index is 2.39. The molecule has 214 valence electrons. The molecule has 0 N–H and O–H groups in total. The number of ether oxygens (including phenoxy) is 2. The number of benzene rings is 1. The highest BCUT2D eigenvalue weighted by Gasteiger charge is 2.29. The van der Waals surface area contributed by atoms with Crippen LogP contribution in [-0.4, -0.2) is 38.4 Å². The fourth-order valence-electron chi connectivity index (χ4n) is 3.62. The molecule has 0 heterocycles. The van der Waals surface area contributed by atoms with Gasteiger partial charge in [-0.15, -0.1) is 0 Å². The minimum atomic E-state index is -3.44. The molecular formula is C30H47O7P. The van der Waals surface area contributed by atoms with E-state index in [1.54, 1.807) is 13.8 Å². The average Bonchev–Trinajstić information content (AvgIpc) is 2.87. The Morgan fingerprint density at radius 2 is 1.08 bits per heavy atom. The monoisotopic (exact) mass is 550 g/mol. The van der Waals surface area contributed by atoms with Crippen LogP contribution in [0.15, 0.2) is 42.5 Å². The Bertz CT molecular complexity index is 906. The van der Waals surface area contributed by atoms with Crippen molar-refractivity contribution < 1.29 is 32.7 Å². The number of esters is 2. The SMILES string of the molecule is C=C(C)C(=O)OCCCCCCCOP(=O)(OCCCCCCCOC(=O)C(=C)C)c1cccc(C)c1C. The fraction of sp³-hybridized carbons (Fsp3) is 0.600. The van der Waals surface area contributed by atoms with Crippen LogP contribution in [0.25, 0.3) is 0 Å². The third-order valence-electron chi connectivity index (χ3n) is 6.13. The first-order valence-electron chi connectivity index (χ1n) is 13.7.